The zero-order chi connectivity index (χ0) is 14.9. The Morgan fingerprint density at radius 3 is 2.80 bits per heavy atom. The molecular formula is C14H16ClNO3S. The minimum Gasteiger partial charge on any atom is -0.495 e. The smallest absolute Gasteiger partial charge is 0.228 e. The standard InChI is InChI=1S/C14H16ClNO3S/c1-8-4-13(19-3)12(6-11(8)15)16-7-10(5-14(16)18)20-9(2)17/h4,6,10H,5,7H2,1-3H3. The van der Waals surface area contributed by atoms with E-state index in [1.807, 2.05) is 13.0 Å². The van der Waals surface area contributed by atoms with Crippen molar-refractivity contribution < 1.29 is 14.3 Å². The minimum absolute atomic E-state index is 0.00946. The average Bonchev–Trinajstić information content (AvgIpc) is 2.72. The van der Waals surface area contributed by atoms with E-state index >= 15 is 0 Å². The average molecular weight is 314 g/mol. The Kier molecular flexibility index (Phi) is 4.60. The maximum Gasteiger partial charge on any atom is 0.228 e. The van der Waals surface area contributed by atoms with Crippen LogP contribution in [-0.2, 0) is 9.59 Å². The van der Waals surface area contributed by atoms with Gasteiger partial charge in [-0.2, -0.15) is 0 Å². The second-order valence-corrected chi connectivity index (χ2v) is 6.60. The van der Waals surface area contributed by atoms with Crippen molar-refractivity contribution >= 4 is 40.1 Å². The highest BCUT2D eigenvalue weighted by Crippen LogP contribution is 2.37. The summed E-state index contributed by atoms with van der Waals surface area (Å²) in [5.41, 5.74) is 1.56. The first kappa shape index (κ1) is 15.2. The van der Waals surface area contributed by atoms with Gasteiger partial charge in [-0.25, -0.2) is 0 Å². The second kappa shape index (κ2) is 6.06. The number of rotatable bonds is 3. The number of anilines is 1. The molecule has 0 saturated carbocycles. The third-order valence-corrected chi connectivity index (χ3v) is 4.56. The molecule has 0 aliphatic carbocycles. The van der Waals surface area contributed by atoms with Crippen molar-refractivity contribution in [3.63, 3.8) is 0 Å². The van der Waals surface area contributed by atoms with E-state index in [2.05, 4.69) is 0 Å². The molecule has 0 spiro atoms. The SMILES string of the molecule is COc1cc(C)c(Cl)cc1N1CC(SC(C)=O)CC1=O. The number of hydrogen-bond acceptors (Lipinski definition) is 4. The van der Waals surface area contributed by atoms with Crippen LogP contribution in [0.1, 0.15) is 18.9 Å². The summed E-state index contributed by atoms with van der Waals surface area (Å²) in [6, 6.07) is 3.56. The highest BCUT2D eigenvalue weighted by Gasteiger charge is 2.33. The summed E-state index contributed by atoms with van der Waals surface area (Å²) in [6.07, 6.45) is 0.360. The van der Waals surface area contributed by atoms with Gasteiger partial charge >= 0.3 is 0 Å². The third kappa shape index (κ3) is 3.10. The first-order chi connectivity index (χ1) is 9.42. The number of thioether (sulfide) groups is 1. The van der Waals surface area contributed by atoms with Gasteiger partial charge in [0.25, 0.3) is 0 Å². The molecule has 0 N–H and O–H groups in total. The number of carbonyl (C=O) groups is 2. The van der Waals surface area contributed by atoms with Gasteiger partial charge in [0.15, 0.2) is 5.12 Å². The number of halogens is 1. The summed E-state index contributed by atoms with van der Waals surface area (Å²) in [5.74, 6) is 0.607. The van der Waals surface area contributed by atoms with Crippen LogP contribution in [0.15, 0.2) is 12.1 Å². The number of ether oxygens (including phenoxy) is 1. The van der Waals surface area contributed by atoms with Crippen LogP contribution in [0, 0.1) is 6.92 Å². The molecule has 2 rings (SSSR count). The van der Waals surface area contributed by atoms with Crippen LogP contribution in [-0.4, -0.2) is 29.9 Å². The Labute approximate surface area is 127 Å². The van der Waals surface area contributed by atoms with E-state index in [1.165, 1.54) is 18.7 Å². The lowest BCUT2D eigenvalue weighted by molar-refractivity contribution is -0.117. The Morgan fingerprint density at radius 2 is 2.20 bits per heavy atom. The second-order valence-electron chi connectivity index (χ2n) is 4.71. The first-order valence-corrected chi connectivity index (χ1v) is 7.50. The molecule has 1 saturated heterocycles. The highest BCUT2D eigenvalue weighted by atomic mass is 35.5. The van der Waals surface area contributed by atoms with Gasteiger partial charge in [-0.15, -0.1) is 0 Å². The quantitative estimate of drug-likeness (QED) is 0.860. The van der Waals surface area contributed by atoms with Gasteiger partial charge in [-0.3, -0.25) is 9.59 Å². The van der Waals surface area contributed by atoms with Crippen molar-refractivity contribution in [2.45, 2.75) is 25.5 Å². The Balaban J connectivity index is 2.30. The number of aryl methyl sites for hydroxylation is 1. The van der Waals surface area contributed by atoms with Crippen molar-refractivity contribution in [3.8, 4) is 5.75 Å². The van der Waals surface area contributed by atoms with E-state index in [0.717, 1.165) is 5.56 Å². The third-order valence-electron chi connectivity index (χ3n) is 3.17. The lowest BCUT2D eigenvalue weighted by Gasteiger charge is -2.20. The molecule has 0 bridgehead atoms. The molecule has 1 aromatic carbocycles. The summed E-state index contributed by atoms with van der Waals surface area (Å²) in [5, 5.41) is 0.611. The molecule has 1 unspecified atom stereocenters. The summed E-state index contributed by atoms with van der Waals surface area (Å²) in [6.45, 7) is 3.90. The van der Waals surface area contributed by atoms with Crippen LogP contribution >= 0.6 is 23.4 Å². The van der Waals surface area contributed by atoms with E-state index < -0.39 is 0 Å². The van der Waals surface area contributed by atoms with Crippen LogP contribution in [0.25, 0.3) is 0 Å². The largest absolute Gasteiger partial charge is 0.495 e. The summed E-state index contributed by atoms with van der Waals surface area (Å²) in [4.78, 5) is 24.9. The monoisotopic (exact) mass is 313 g/mol. The molecule has 1 heterocycles. The molecular weight excluding hydrogens is 298 g/mol. The maximum atomic E-state index is 12.1. The molecule has 0 aromatic heterocycles. The number of nitrogens with zero attached hydrogens (tertiary/aromatic N) is 1. The number of carbonyl (C=O) groups excluding carboxylic acids is 2. The van der Waals surface area contributed by atoms with Crippen LogP contribution in [0.2, 0.25) is 5.02 Å². The first-order valence-electron chi connectivity index (χ1n) is 6.24. The lowest BCUT2D eigenvalue weighted by atomic mass is 10.2. The number of benzene rings is 1. The van der Waals surface area contributed by atoms with E-state index in [1.54, 1.807) is 18.1 Å². The van der Waals surface area contributed by atoms with Gasteiger partial charge in [0.1, 0.15) is 5.75 Å². The van der Waals surface area contributed by atoms with Crippen LogP contribution in [0.5, 0.6) is 5.75 Å². The van der Waals surface area contributed by atoms with Gasteiger partial charge in [0, 0.05) is 30.2 Å². The predicted octanol–water partition coefficient (Wildman–Crippen LogP) is 3.04. The van der Waals surface area contributed by atoms with Crippen molar-refractivity contribution in [1.82, 2.24) is 0 Å². The topological polar surface area (TPSA) is 46.6 Å². The summed E-state index contributed by atoms with van der Waals surface area (Å²) >= 11 is 7.35. The number of methoxy groups -OCH3 is 1. The van der Waals surface area contributed by atoms with E-state index in [-0.39, 0.29) is 16.3 Å². The van der Waals surface area contributed by atoms with E-state index in [4.69, 9.17) is 16.3 Å². The molecule has 1 fully saturated rings. The van der Waals surface area contributed by atoms with Crippen LogP contribution in [0.4, 0.5) is 5.69 Å². The number of amides is 1. The molecule has 1 amide bonds. The van der Waals surface area contributed by atoms with Gasteiger partial charge in [0.05, 0.1) is 12.8 Å². The molecule has 1 atom stereocenters. The van der Waals surface area contributed by atoms with Gasteiger partial charge in [-0.1, -0.05) is 23.4 Å². The predicted molar refractivity (Wildman–Crippen MR) is 81.8 cm³/mol. The Hall–Kier alpha value is -1.20. The van der Waals surface area contributed by atoms with Crippen molar-refractivity contribution in [2.24, 2.45) is 0 Å². The molecule has 1 aliphatic heterocycles. The van der Waals surface area contributed by atoms with Gasteiger partial charge in [0.2, 0.25) is 5.91 Å². The van der Waals surface area contributed by atoms with Crippen molar-refractivity contribution in [2.75, 3.05) is 18.6 Å². The lowest BCUT2D eigenvalue weighted by Crippen LogP contribution is -2.25. The van der Waals surface area contributed by atoms with E-state index in [9.17, 15) is 9.59 Å². The molecule has 1 aromatic rings. The van der Waals surface area contributed by atoms with E-state index in [0.29, 0.717) is 29.4 Å². The molecule has 108 valence electrons. The maximum absolute atomic E-state index is 12.1. The molecule has 6 heteroatoms. The molecule has 20 heavy (non-hydrogen) atoms. The van der Waals surface area contributed by atoms with Crippen molar-refractivity contribution in [3.05, 3.63) is 22.7 Å². The van der Waals surface area contributed by atoms with Crippen molar-refractivity contribution in [1.29, 1.82) is 0 Å². The normalized spacial score (nSPS) is 18.5. The summed E-state index contributed by atoms with van der Waals surface area (Å²) < 4.78 is 5.33. The van der Waals surface area contributed by atoms with Gasteiger partial charge < -0.3 is 9.64 Å². The van der Waals surface area contributed by atoms with Crippen LogP contribution < -0.4 is 9.64 Å². The Morgan fingerprint density at radius 1 is 1.50 bits per heavy atom. The highest BCUT2D eigenvalue weighted by molar-refractivity contribution is 8.14. The molecule has 0 radical (unpaired) electrons. The summed E-state index contributed by atoms with van der Waals surface area (Å²) in [7, 11) is 1.56. The van der Waals surface area contributed by atoms with Gasteiger partial charge in [-0.05, 0) is 24.6 Å². The zero-order valence-corrected chi connectivity index (χ0v) is 13.2. The number of hydrogen-bond donors (Lipinski definition) is 0. The molecule has 1 aliphatic rings. The minimum atomic E-state index is -0.0121. The molecule has 4 nitrogen and oxygen atoms in total. The fourth-order valence-electron chi connectivity index (χ4n) is 2.24. The Bertz CT molecular complexity index is 562. The van der Waals surface area contributed by atoms with Crippen LogP contribution in [0.3, 0.4) is 0 Å². The fraction of sp³-hybridized carbons (Fsp3) is 0.429. The fourth-order valence-corrected chi connectivity index (χ4v) is 3.32. The zero-order valence-electron chi connectivity index (χ0n) is 11.6.